The zero-order valence-corrected chi connectivity index (χ0v) is 29.9. The zero-order chi connectivity index (χ0) is 35.1. The number of thiophene rings is 1. The molecule has 2 nitrogen and oxygen atoms in total. The van der Waals surface area contributed by atoms with Gasteiger partial charge in [0.15, 0.2) is 5.58 Å². The van der Waals surface area contributed by atoms with Crippen molar-refractivity contribution in [3.63, 3.8) is 0 Å². The number of nitrogens with zero attached hydrogens (tertiary/aromatic N) is 1. The van der Waals surface area contributed by atoms with Crippen LogP contribution < -0.4 is 4.90 Å². The summed E-state index contributed by atoms with van der Waals surface area (Å²) in [5.74, 6) is 0. The van der Waals surface area contributed by atoms with Gasteiger partial charge in [-0.05, 0) is 88.3 Å². The van der Waals surface area contributed by atoms with Gasteiger partial charge < -0.3 is 9.32 Å². The molecule has 53 heavy (non-hydrogen) atoms. The van der Waals surface area contributed by atoms with E-state index in [-0.39, 0.29) is 5.41 Å². The Morgan fingerprint density at radius 2 is 1.04 bits per heavy atom. The fourth-order valence-electron chi connectivity index (χ4n) is 8.95. The Bertz CT molecular complexity index is 2980. The molecule has 0 aliphatic heterocycles. The summed E-state index contributed by atoms with van der Waals surface area (Å²) in [6, 6.07) is 66.0. The molecular weight excluding hydrogens is 663 g/mol. The van der Waals surface area contributed by atoms with Gasteiger partial charge in [-0.2, -0.15) is 0 Å². The number of rotatable bonds is 5. The highest BCUT2D eigenvalue weighted by Gasteiger charge is 2.42. The monoisotopic (exact) mass is 695 g/mol. The zero-order valence-electron chi connectivity index (χ0n) is 29.1. The van der Waals surface area contributed by atoms with Gasteiger partial charge in [-0.25, -0.2) is 0 Å². The molecule has 250 valence electrons. The molecule has 8 aromatic carbocycles. The molecule has 2 heterocycles. The Balaban J connectivity index is 1.18. The predicted molar refractivity (Wildman–Crippen MR) is 224 cm³/mol. The van der Waals surface area contributed by atoms with Crippen molar-refractivity contribution < 1.29 is 4.42 Å². The number of furan rings is 1. The Labute approximate surface area is 311 Å². The van der Waals surface area contributed by atoms with E-state index in [2.05, 4.69) is 194 Å². The van der Waals surface area contributed by atoms with Gasteiger partial charge in [-0.15, -0.1) is 11.3 Å². The van der Waals surface area contributed by atoms with Crippen LogP contribution >= 0.6 is 11.3 Å². The van der Waals surface area contributed by atoms with Crippen LogP contribution in [-0.4, -0.2) is 0 Å². The van der Waals surface area contributed by atoms with Crippen molar-refractivity contribution in [3.05, 3.63) is 199 Å². The maximum atomic E-state index is 7.06. The normalized spacial score (nSPS) is 13.2. The molecule has 0 saturated carbocycles. The summed E-state index contributed by atoms with van der Waals surface area (Å²) in [5, 5.41) is 4.79. The molecule has 0 atom stereocenters. The average Bonchev–Trinajstić information content (AvgIpc) is 3.88. The average molecular weight is 696 g/mol. The Morgan fingerprint density at radius 1 is 0.453 bits per heavy atom. The Kier molecular flexibility index (Phi) is 6.58. The Morgan fingerprint density at radius 3 is 1.83 bits per heavy atom. The van der Waals surface area contributed by atoms with Crippen molar-refractivity contribution in [3.8, 4) is 22.3 Å². The van der Waals surface area contributed by atoms with Gasteiger partial charge in [0.05, 0.1) is 11.4 Å². The van der Waals surface area contributed by atoms with E-state index in [0.29, 0.717) is 0 Å². The minimum Gasteiger partial charge on any atom is -0.454 e. The lowest BCUT2D eigenvalue weighted by atomic mass is 9.73. The molecule has 0 fully saturated rings. The first-order valence-electron chi connectivity index (χ1n) is 18.2. The van der Waals surface area contributed by atoms with Crippen LogP contribution in [0.25, 0.3) is 64.4 Å². The molecule has 1 aliphatic rings. The van der Waals surface area contributed by atoms with Gasteiger partial charge >= 0.3 is 0 Å². The molecule has 1 aliphatic carbocycles. The van der Waals surface area contributed by atoms with E-state index in [0.717, 1.165) is 39.0 Å². The molecule has 0 N–H and O–H groups in total. The van der Waals surface area contributed by atoms with Gasteiger partial charge in [0, 0.05) is 42.0 Å². The summed E-state index contributed by atoms with van der Waals surface area (Å²) in [6.07, 6.45) is 0. The van der Waals surface area contributed by atoms with Gasteiger partial charge in [0.25, 0.3) is 0 Å². The minimum atomic E-state index is -0.354. The van der Waals surface area contributed by atoms with Crippen molar-refractivity contribution in [2.24, 2.45) is 0 Å². The van der Waals surface area contributed by atoms with Crippen molar-refractivity contribution in [2.45, 2.75) is 12.3 Å². The summed E-state index contributed by atoms with van der Waals surface area (Å²) >= 11 is 1.85. The van der Waals surface area contributed by atoms with E-state index in [1.54, 1.807) is 0 Å². The first-order valence-corrected chi connectivity index (χ1v) is 19.0. The number of hydrogen-bond acceptors (Lipinski definition) is 3. The summed E-state index contributed by atoms with van der Waals surface area (Å²) in [5.41, 5.74) is 13.5. The highest BCUT2D eigenvalue weighted by molar-refractivity contribution is 7.26. The maximum Gasteiger partial charge on any atom is 0.159 e. The standard InChI is InChI=1S/C50H33NOS/c1-50(39-20-8-5-16-35(39)36-17-6-9-21-40(36)50)41-22-12-25-44-47(41)38-19-11-24-43(49(38)52-44)51(34-30-28-33(29-31-34)32-14-3-2-4-15-32)42-23-13-27-46-48(42)37-18-7-10-26-45(37)53-46/h2-31H,1H3. The van der Waals surface area contributed by atoms with Crippen LogP contribution in [0.3, 0.4) is 0 Å². The highest BCUT2D eigenvalue weighted by atomic mass is 32.1. The molecule has 3 heteroatoms. The van der Waals surface area contributed by atoms with Crippen molar-refractivity contribution in [1.82, 2.24) is 0 Å². The van der Waals surface area contributed by atoms with Crippen LogP contribution in [0.1, 0.15) is 23.6 Å². The second kappa shape index (κ2) is 11.5. The van der Waals surface area contributed by atoms with Gasteiger partial charge in [0.1, 0.15) is 5.58 Å². The van der Waals surface area contributed by atoms with Crippen LogP contribution in [0, 0.1) is 0 Å². The lowest BCUT2D eigenvalue weighted by Crippen LogP contribution is -2.22. The van der Waals surface area contributed by atoms with E-state index in [1.165, 1.54) is 59.1 Å². The van der Waals surface area contributed by atoms with E-state index in [1.807, 2.05) is 11.3 Å². The summed E-state index contributed by atoms with van der Waals surface area (Å²) in [4.78, 5) is 2.41. The largest absolute Gasteiger partial charge is 0.454 e. The third-order valence-electron chi connectivity index (χ3n) is 11.4. The fraction of sp³-hybridized carbons (Fsp3) is 0.0400. The molecule has 0 bridgehead atoms. The fourth-order valence-corrected chi connectivity index (χ4v) is 10.1. The molecule has 0 amide bonds. The van der Waals surface area contributed by atoms with Crippen molar-refractivity contribution >= 4 is 70.5 Å². The van der Waals surface area contributed by atoms with Crippen LogP contribution in [0.2, 0.25) is 0 Å². The molecule has 0 radical (unpaired) electrons. The molecule has 11 rings (SSSR count). The lowest BCUT2D eigenvalue weighted by Gasteiger charge is -2.29. The number of anilines is 3. The van der Waals surface area contributed by atoms with Crippen LogP contribution in [0.5, 0.6) is 0 Å². The number of hydrogen-bond donors (Lipinski definition) is 0. The summed E-state index contributed by atoms with van der Waals surface area (Å²) in [6.45, 7) is 2.39. The predicted octanol–water partition coefficient (Wildman–Crippen LogP) is 14.4. The topological polar surface area (TPSA) is 16.4 Å². The number of benzene rings is 8. The molecule has 2 aromatic heterocycles. The third-order valence-corrected chi connectivity index (χ3v) is 12.5. The van der Waals surface area contributed by atoms with E-state index in [4.69, 9.17) is 4.42 Å². The second-order valence-corrected chi connectivity index (χ2v) is 15.2. The second-order valence-electron chi connectivity index (χ2n) is 14.1. The van der Waals surface area contributed by atoms with Crippen LogP contribution in [0.4, 0.5) is 17.1 Å². The summed E-state index contributed by atoms with van der Waals surface area (Å²) in [7, 11) is 0. The quantitative estimate of drug-likeness (QED) is 0.178. The SMILES string of the molecule is CC1(c2cccc3oc4c(N(c5ccc(-c6ccccc6)cc5)c5cccc6sc7ccccc7c56)cccc4c23)c2ccccc2-c2ccccc21. The summed E-state index contributed by atoms with van der Waals surface area (Å²) < 4.78 is 9.61. The van der Waals surface area contributed by atoms with E-state index >= 15 is 0 Å². The van der Waals surface area contributed by atoms with Gasteiger partial charge in [-0.1, -0.05) is 140 Å². The van der Waals surface area contributed by atoms with Crippen LogP contribution in [-0.2, 0) is 5.41 Å². The van der Waals surface area contributed by atoms with Gasteiger partial charge in [-0.3, -0.25) is 0 Å². The smallest absolute Gasteiger partial charge is 0.159 e. The molecule has 0 spiro atoms. The first kappa shape index (κ1) is 30.2. The van der Waals surface area contributed by atoms with E-state index < -0.39 is 0 Å². The lowest BCUT2D eigenvalue weighted by molar-refractivity contribution is 0.666. The highest BCUT2D eigenvalue weighted by Crippen LogP contribution is 2.55. The number of fused-ring (bicyclic) bond motifs is 9. The van der Waals surface area contributed by atoms with Crippen molar-refractivity contribution in [1.29, 1.82) is 0 Å². The maximum absolute atomic E-state index is 7.06. The minimum absolute atomic E-state index is 0.354. The number of para-hydroxylation sites is 1. The molecule has 0 saturated heterocycles. The third kappa shape index (κ3) is 4.38. The molecule has 0 unspecified atom stereocenters. The molecular formula is C50H33NOS. The van der Waals surface area contributed by atoms with Gasteiger partial charge in [0.2, 0.25) is 0 Å². The molecule has 10 aromatic rings. The van der Waals surface area contributed by atoms with Crippen molar-refractivity contribution in [2.75, 3.05) is 4.90 Å². The van der Waals surface area contributed by atoms with E-state index in [9.17, 15) is 0 Å². The first-order chi connectivity index (χ1) is 26.2. The Hall–Kier alpha value is -6.42. The van der Waals surface area contributed by atoms with Crippen LogP contribution in [0.15, 0.2) is 186 Å².